The Bertz CT molecular complexity index is 1050. The second-order valence-corrected chi connectivity index (χ2v) is 10.0. The van der Waals surface area contributed by atoms with Gasteiger partial charge >= 0.3 is 0 Å². The van der Waals surface area contributed by atoms with E-state index in [0.717, 1.165) is 22.6 Å². The molecule has 1 heterocycles. The molecule has 33 heavy (non-hydrogen) atoms. The molecule has 2 amide bonds. The Morgan fingerprint density at radius 3 is 1.55 bits per heavy atom. The van der Waals surface area contributed by atoms with Gasteiger partial charge in [-0.25, -0.2) is 10.9 Å². The van der Waals surface area contributed by atoms with Gasteiger partial charge in [0.05, 0.1) is 22.9 Å². The second kappa shape index (κ2) is 12.9. The highest BCUT2D eigenvalue weighted by Crippen LogP contribution is 2.28. The lowest BCUT2D eigenvalue weighted by Crippen LogP contribution is -2.21. The van der Waals surface area contributed by atoms with Crippen molar-refractivity contribution in [2.24, 2.45) is 10.2 Å². The molecule has 2 N–H and O–H groups in total. The van der Waals surface area contributed by atoms with Crippen LogP contribution in [-0.2, 0) is 9.59 Å². The summed E-state index contributed by atoms with van der Waals surface area (Å²) < 4.78 is 1.30. The number of carbonyl (C=O) groups is 2. The highest BCUT2D eigenvalue weighted by molar-refractivity contribution is 8.03. The number of rotatable bonds is 10. The zero-order valence-electron chi connectivity index (χ0n) is 18.0. The molecule has 3 aromatic rings. The Morgan fingerprint density at radius 2 is 1.15 bits per heavy atom. The summed E-state index contributed by atoms with van der Waals surface area (Å²) in [5.41, 5.74) is 8.44. The van der Waals surface area contributed by atoms with Crippen molar-refractivity contribution in [3.05, 3.63) is 71.8 Å². The molecule has 8 nitrogen and oxygen atoms in total. The Morgan fingerprint density at radius 1 is 0.758 bits per heavy atom. The van der Waals surface area contributed by atoms with Gasteiger partial charge in [0, 0.05) is 0 Å². The van der Waals surface area contributed by atoms with Gasteiger partial charge in [-0.3, -0.25) is 9.59 Å². The summed E-state index contributed by atoms with van der Waals surface area (Å²) >= 11 is 3.87. The number of nitrogens with zero attached hydrogens (tertiary/aromatic N) is 4. The molecular weight excluding hydrogens is 476 g/mol. The fourth-order valence-corrected chi connectivity index (χ4v) is 5.02. The number of carbonyl (C=O) groups excluding carboxylic acids is 2. The number of nitrogens with one attached hydrogen (secondary N) is 2. The number of thioether (sulfide) groups is 2. The van der Waals surface area contributed by atoms with Gasteiger partial charge in [0.15, 0.2) is 8.68 Å². The minimum atomic E-state index is -0.231. The Kier molecular flexibility index (Phi) is 9.60. The van der Waals surface area contributed by atoms with Crippen molar-refractivity contribution in [2.75, 3.05) is 11.5 Å². The molecule has 0 aliphatic heterocycles. The molecule has 0 spiro atoms. The van der Waals surface area contributed by atoms with Crippen LogP contribution in [-0.4, -0.2) is 44.9 Å². The van der Waals surface area contributed by atoms with Crippen LogP contribution in [0.5, 0.6) is 0 Å². The van der Waals surface area contributed by atoms with Crippen molar-refractivity contribution in [2.45, 2.75) is 22.5 Å². The number of hydrogen-bond donors (Lipinski definition) is 2. The van der Waals surface area contributed by atoms with E-state index in [4.69, 9.17) is 0 Å². The van der Waals surface area contributed by atoms with Gasteiger partial charge in [-0.05, 0) is 25.0 Å². The van der Waals surface area contributed by atoms with E-state index in [9.17, 15) is 9.59 Å². The Hall–Kier alpha value is -3.02. The number of hydrogen-bond acceptors (Lipinski definition) is 9. The molecule has 0 saturated heterocycles. The van der Waals surface area contributed by atoms with Crippen molar-refractivity contribution < 1.29 is 9.59 Å². The minimum absolute atomic E-state index is 0.166. The predicted octanol–water partition coefficient (Wildman–Crippen LogP) is 3.80. The average molecular weight is 499 g/mol. The molecule has 2 aromatic carbocycles. The molecule has 0 bridgehead atoms. The van der Waals surface area contributed by atoms with Crippen LogP contribution < -0.4 is 10.9 Å². The topological polar surface area (TPSA) is 109 Å². The Balaban J connectivity index is 1.39. The van der Waals surface area contributed by atoms with Crippen LogP contribution in [0.4, 0.5) is 0 Å². The maximum atomic E-state index is 12.1. The molecule has 1 aromatic heterocycles. The van der Waals surface area contributed by atoms with Gasteiger partial charge in [0.2, 0.25) is 0 Å². The molecular formula is C22H22N6O2S3. The predicted molar refractivity (Wildman–Crippen MR) is 135 cm³/mol. The average Bonchev–Trinajstić information content (AvgIpc) is 3.32. The number of hydrazone groups is 2. The molecule has 11 heteroatoms. The lowest BCUT2D eigenvalue weighted by atomic mass is 10.1. The molecule has 0 saturated carbocycles. The summed E-state index contributed by atoms with van der Waals surface area (Å²) in [6, 6.07) is 19.2. The van der Waals surface area contributed by atoms with E-state index in [0.29, 0.717) is 8.68 Å². The zero-order valence-corrected chi connectivity index (χ0v) is 20.5. The van der Waals surface area contributed by atoms with E-state index in [-0.39, 0.29) is 23.3 Å². The zero-order chi connectivity index (χ0) is 23.5. The maximum absolute atomic E-state index is 12.1. The van der Waals surface area contributed by atoms with Gasteiger partial charge in [-0.15, -0.1) is 10.2 Å². The smallest absolute Gasteiger partial charge is 0.250 e. The normalized spacial score (nSPS) is 11.8. The van der Waals surface area contributed by atoms with Gasteiger partial charge in [-0.1, -0.05) is 95.5 Å². The van der Waals surface area contributed by atoms with Crippen molar-refractivity contribution in [3.63, 3.8) is 0 Å². The van der Waals surface area contributed by atoms with Crippen LogP contribution in [0.3, 0.4) is 0 Å². The third-order valence-electron chi connectivity index (χ3n) is 4.12. The molecule has 170 valence electrons. The van der Waals surface area contributed by atoms with E-state index in [1.165, 1.54) is 34.9 Å². The van der Waals surface area contributed by atoms with E-state index in [1.54, 1.807) is 0 Å². The van der Waals surface area contributed by atoms with Gasteiger partial charge in [0.25, 0.3) is 11.8 Å². The third-order valence-corrected chi connectivity index (χ3v) is 7.31. The van der Waals surface area contributed by atoms with Crippen molar-refractivity contribution in [3.8, 4) is 0 Å². The monoisotopic (exact) mass is 498 g/mol. The minimum Gasteiger partial charge on any atom is -0.272 e. The standard InChI is InChI=1S/C22H22N6O2S3/c1-15(17-9-5-3-6-10-17)23-25-19(29)13-31-21-27-28-22(33-21)32-14-20(30)26-24-16(2)18-11-7-4-8-12-18/h3-12H,13-14H2,1-2H3,(H,25,29)(H,26,30)/b23-15+,24-16+. The first kappa shape index (κ1) is 24.6. The first-order valence-electron chi connectivity index (χ1n) is 9.87. The summed E-state index contributed by atoms with van der Waals surface area (Å²) in [4.78, 5) is 24.1. The number of amides is 2. The van der Waals surface area contributed by atoms with Crippen LogP contribution in [0.25, 0.3) is 0 Å². The van der Waals surface area contributed by atoms with Crippen LogP contribution in [0.2, 0.25) is 0 Å². The maximum Gasteiger partial charge on any atom is 0.250 e. The summed E-state index contributed by atoms with van der Waals surface area (Å²) in [6.07, 6.45) is 0. The van der Waals surface area contributed by atoms with Gasteiger partial charge in [-0.2, -0.15) is 10.2 Å². The summed E-state index contributed by atoms with van der Waals surface area (Å²) in [5.74, 6) is -0.131. The summed E-state index contributed by atoms with van der Waals surface area (Å²) in [7, 11) is 0. The fraction of sp³-hybridized carbons (Fsp3) is 0.182. The van der Waals surface area contributed by atoms with E-state index in [2.05, 4.69) is 31.3 Å². The molecule has 0 aliphatic rings. The quantitative estimate of drug-likeness (QED) is 0.250. The molecule has 0 atom stereocenters. The van der Waals surface area contributed by atoms with Crippen LogP contribution >= 0.6 is 34.9 Å². The molecule has 0 aliphatic carbocycles. The molecule has 0 fully saturated rings. The van der Waals surface area contributed by atoms with E-state index >= 15 is 0 Å². The summed E-state index contributed by atoms with van der Waals surface area (Å²) in [6.45, 7) is 3.67. The lowest BCUT2D eigenvalue weighted by Gasteiger charge is -2.02. The first-order valence-corrected chi connectivity index (χ1v) is 12.7. The number of aromatic nitrogens is 2. The third kappa shape index (κ3) is 8.44. The van der Waals surface area contributed by atoms with E-state index < -0.39 is 0 Å². The largest absolute Gasteiger partial charge is 0.272 e. The van der Waals surface area contributed by atoms with Crippen LogP contribution in [0, 0.1) is 0 Å². The Labute approximate surface area is 204 Å². The van der Waals surface area contributed by atoms with Gasteiger partial charge < -0.3 is 0 Å². The van der Waals surface area contributed by atoms with Crippen molar-refractivity contribution in [1.29, 1.82) is 0 Å². The van der Waals surface area contributed by atoms with E-state index in [1.807, 2.05) is 74.5 Å². The second-order valence-electron chi connectivity index (χ2n) is 6.61. The lowest BCUT2D eigenvalue weighted by molar-refractivity contribution is -0.119. The molecule has 0 unspecified atom stereocenters. The molecule has 0 radical (unpaired) electrons. The van der Waals surface area contributed by atoms with Crippen molar-refractivity contribution in [1.82, 2.24) is 21.0 Å². The van der Waals surface area contributed by atoms with Crippen molar-refractivity contribution >= 4 is 58.1 Å². The highest BCUT2D eigenvalue weighted by Gasteiger charge is 2.10. The van der Waals surface area contributed by atoms with Gasteiger partial charge in [0.1, 0.15) is 0 Å². The van der Waals surface area contributed by atoms with Crippen LogP contribution in [0.1, 0.15) is 25.0 Å². The first-order chi connectivity index (χ1) is 16.0. The summed E-state index contributed by atoms with van der Waals surface area (Å²) in [5, 5.41) is 16.4. The highest BCUT2D eigenvalue weighted by atomic mass is 32.2. The molecule has 3 rings (SSSR count). The SMILES string of the molecule is C/C(=N\NC(=O)CSc1nnc(SCC(=O)N/N=C(\C)c2ccccc2)s1)c1ccccc1. The number of benzene rings is 2. The fourth-order valence-electron chi connectivity index (χ4n) is 2.41. The van der Waals surface area contributed by atoms with Crippen LogP contribution in [0.15, 0.2) is 79.5 Å².